The number of benzene rings is 1. The summed E-state index contributed by atoms with van der Waals surface area (Å²) in [7, 11) is -3.32. The van der Waals surface area contributed by atoms with Crippen LogP contribution in [0.4, 0.5) is 0 Å². The molecular weight excluding hydrogens is 331 g/mol. The Hall–Kier alpha value is -0.330. The van der Waals surface area contributed by atoms with Crippen molar-refractivity contribution in [2.75, 3.05) is 13.1 Å². The fourth-order valence-corrected chi connectivity index (χ4v) is 4.48. The van der Waals surface area contributed by atoms with Crippen molar-refractivity contribution in [3.05, 3.63) is 33.8 Å². The quantitative estimate of drug-likeness (QED) is 0.907. The summed E-state index contributed by atoms with van der Waals surface area (Å²) in [5.41, 5.74) is 6.53. The summed E-state index contributed by atoms with van der Waals surface area (Å²) in [6, 6.07) is 5.04. The molecule has 1 unspecified atom stereocenters. The molecule has 1 aliphatic rings. The molecule has 1 aromatic carbocycles. The van der Waals surface area contributed by atoms with Gasteiger partial charge in [-0.05, 0) is 43.4 Å². The Morgan fingerprint density at radius 1 is 1.29 bits per heavy atom. The zero-order valence-electron chi connectivity index (χ0n) is 11.9. The summed E-state index contributed by atoms with van der Waals surface area (Å²) >= 11 is 11.8. The van der Waals surface area contributed by atoms with E-state index in [1.807, 2.05) is 6.92 Å². The second kappa shape index (κ2) is 6.84. The van der Waals surface area contributed by atoms with E-state index in [-0.39, 0.29) is 11.8 Å². The summed E-state index contributed by atoms with van der Waals surface area (Å²) in [4.78, 5) is 0. The molecule has 1 atom stereocenters. The van der Waals surface area contributed by atoms with E-state index in [1.54, 1.807) is 22.5 Å². The van der Waals surface area contributed by atoms with Crippen LogP contribution in [0.3, 0.4) is 0 Å². The maximum Gasteiger partial charge on any atom is 0.218 e. The smallest absolute Gasteiger partial charge is 0.218 e. The molecule has 1 aromatic rings. The topological polar surface area (TPSA) is 63.4 Å². The predicted molar refractivity (Wildman–Crippen MR) is 87.0 cm³/mol. The highest BCUT2D eigenvalue weighted by molar-refractivity contribution is 7.88. The Morgan fingerprint density at radius 3 is 2.43 bits per heavy atom. The van der Waals surface area contributed by atoms with Crippen LogP contribution in [0.15, 0.2) is 18.2 Å². The van der Waals surface area contributed by atoms with Crippen LogP contribution in [0.25, 0.3) is 0 Å². The predicted octanol–water partition coefficient (Wildman–Crippen LogP) is 2.88. The van der Waals surface area contributed by atoms with Gasteiger partial charge in [0.05, 0.1) is 15.8 Å². The first-order chi connectivity index (χ1) is 9.79. The molecular formula is C14H20Cl2N2O2S. The highest BCUT2D eigenvalue weighted by Crippen LogP contribution is 2.26. The molecule has 0 bridgehead atoms. The molecule has 1 saturated heterocycles. The molecule has 7 heteroatoms. The number of hydrogen-bond acceptors (Lipinski definition) is 3. The Kier molecular flexibility index (Phi) is 5.54. The van der Waals surface area contributed by atoms with E-state index < -0.39 is 10.0 Å². The second-order valence-electron chi connectivity index (χ2n) is 5.60. The first kappa shape index (κ1) is 17.0. The molecule has 4 nitrogen and oxygen atoms in total. The lowest BCUT2D eigenvalue weighted by Gasteiger charge is -2.33. The molecule has 2 rings (SSSR count). The van der Waals surface area contributed by atoms with Crippen LogP contribution in [0, 0.1) is 5.92 Å². The van der Waals surface area contributed by atoms with Crippen molar-refractivity contribution in [2.24, 2.45) is 11.7 Å². The summed E-state index contributed by atoms with van der Waals surface area (Å²) in [6.45, 7) is 3.05. The fraction of sp³-hybridized carbons (Fsp3) is 0.571. The van der Waals surface area contributed by atoms with E-state index in [0.717, 1.165) is 12.8 Å². The monoisotopic (exact) mass is 350 g/mol. The molecule has 21 heavy (non-hydrogen) atoms. The summed E-state index contributed by atoms with van der Waals surface area (Å²) in [5, 5.41) is 0.801. The van der Waals surface area contributed by atoms with Gasteiger partial charge in [0.1, 0.15) is 0 Å². The highest BCUT2D eigenvalue weighted by atomic mass is 35.5. The van der Waals surface area contributed by atoms with Crippen molar-refractivity contribution in [3.63, 3.8) is 0 Å². The van der Waals surface area contributed by atoms with Crippen LogP contribution in [-0.4, -0.2) is 31.9 Å². The minimum atomic E-state index is -3.32. The largest absolute Gasteiger partial charge is 0.328 e. The zero-order valence-corrected chi connectivity index (χ0v) is 14.3. The Balaban J connectivity index is 2.04. The van der Waals surface area contributed by atoms with Crippen LogP contribution >= 0.6 is 23.2 Å². The highest BCUT2D eigenvalue weighted by Gasteiger charge is 2.29. The van der Waals surface area contributed by atoms with E-state index in [4.69, 9.17) is 28.9 Å². The standard InChI is InChI=1S/C14H20Cl2N2O2S/c1-10(17)12-4-6-18(7-5-12)21(19,20)9-11-2-3-13(15)14(16)8-11/h2-3,8,10,12H,4-7,9,17H2,1H3. The number of nitrogens with two attached hydrogens (primary N) is 1. The maximum absolute atomic E-state index is 12.4. The van der Waals surface area contributed by atoms with Crippen LogP contribution in [0.5, 0.6) is 0 Å². The van der Waals surface area contributed by atoms with Gasteiger partial charge in [-0.2, -0.15) is 0 Å². The van der Waals surface area contributed by atoms with Gasteiger partial charge in [0.2, 0.25) is 10.0 Å². The van der Waals surface area contributed by atoms with Crippen LogP contribution in [0.1, 0.15) is 25.3 Å². The fourth-order valence-electron chi connectivity index (χ4n) is 2.61. The number of piperidine rings is 1. The van der Waals surface area contributed by atoms with Crippen molar-refractivity contribution < 1.29 is 8.42 Å². The third kappa shape index (κ3) is 4.33. The van der Waals surface area contributed by atoms with Crippen LogP contribution in [0.2, 0.25) is 10.0 Å². The van der Waals surface area contributed by atoms with E-state index in [2.05, 4.69) is 0 Å². The van der Waals surface area contributed by atoms with Gasteiger partial charge in [-0.25, -0.2) is 12.7 Å². The van der Waals surface area contributed by atoms with Gasteiger partial charge >= 0.3 is 0 Å². The van der Waals surface area contributed by atoms with Crippen molar-refractivity contribution in [3.8, 4) is 0 Å². The SMILES string of the molecule is CC(N)C1CCN(S(=O)(=O)Cc2ccc(Cl)c(Cl)c2)CC1. The van der Waals surface area contributed by atoms with Gasteiger partial charge in [-0.3, -0.25) is 0 Å². The first-order valence-electron chi connectivity index (χ1n) is 6.97. The molecule has 0 radical (unpaired) electrons. The summed E-state index contributed by atoms with van der Waals surface area (Å²) in [6.07, 6.45) is 1.64. The average molecular weight is 351 g/mol. The van der Waals surface area contributed by atoms with Gasteiger partial charge in [0.15, 0.2) is 0 Å². The Bertz CT molecular complexity index is 597. The van der Waals surface area contributed by atoms with Crippen molar-refractivity contribution in [1.29, 1.82) is 0 Å². The molecule has 1 aliphatic heterocycles. The van der Waals surface area contributed by atoms with Gasteiger partial charge < -0.3 is 5.73 Å². The molecule has 0 amide bonds. The minimum absolute atomic E-state index is 0.0489. The third-order valence-corrected chi connectivity index (χ3v) is 6.56. The van der Waals surface area contributed by atoms with Crippen molar-refractivity contribution >= 4 is 33.2 Å². The summed E-state index contributed by atoms with van der Waals surface area (Å²) in [5.74, 6) is 0.355. The molecule has 1 fully saturated rings. The first-order valence-corrected chi connectivity index (χ1v) is 9.33. The Morgan fingerprint density at radius 2 is 1.90 bits per heavy atom. The molecule has 2 N–H and O–H groups in total. The second-order valence-corrected chi connectivity index (χ2v) is 8.38. The number of nitrogens with zero attached hydrogens (tertiary/aromatic N) is 1. The van der Waals surface area contributed by atoms with Crippen molar-refractivity contribution in [2.45, 2.75) is 31.6 Å². The lowest BCUT2D eigenvalue weighted by atomic mass is 9.92. The molecule has 118 valence electrons. The Labute approximate surface area is 136 Å². The lowest BCUT2D eigenvalue weighted by molar-refractivity contribution is 0.250. The van der Waals surface area contributed by atoms with Crippen LogP contribution in [-0.2, 0) is 15.8 Å². The number of halogens is 2. The van der Waals surface area contributed by atoms with E-state index in [0.29, 0.717) is 34.6 Å². The number of sulfonamides is 1. The lowest BCUT2D eigenvalue weighted by Crippen LogP contribution is -2.42. The third-order valence-electron chi connectivity index (χ3n) is 3.97. The molecule has 0 aromatic heterocycles. The van der Waals surface area contributed by atoms with Gasteiger partial charge in [0, 0.05) is 19.1 Å². The molecule has 1 heterocycles. The van der Waals surface area contributed by atoms with Crippen LogP contribution < -0.4 is 5.73 Å². The minimum Gasteiger partial charge on any atom is -0.328 e. The van der Waals surface area contributed by atoms with E-state index in [9.17, 15) is 8.42 Å². The average Bonchev–Trinajstić information content (AvgIpc) is 2.43. The number of rotatable bonds is 4. The number of hydrogen-bond donors (Lipinski definition) is 1. The maximum atomic E-state index is 12.4. The zero-order chi connectivity index (χ0) is 15.6. The van der Waals surface area contributed by atoms with E-state index >= 15 is 0 Å². The normalized spacial score (nSPS) is 19.6. The molecule has 0 spiro atoms. The summed E-state index contributed by atoms with van der Waals surface area (Å²) < 4.78 is 26.4. The van der Waals surface area contributed by atoms with Gasteiger partial charge in [-0.15, -0.1) is 0 Å². The molecule has 0 saturated carbocycles. The van der Waals surface area contributed by atoms with E-state index in [1.165, 1.54) is 0 Å². The van der Waals surface area contributed by atoms with Crippen molar-refractivity contribution in [1.82, 2.24) is 4.31 Å². The van der Waals surface area contributed by atoms with Gasteiger partial charge in [-0.1, -0.05) is 29.3 Å². The molecule has 0 aliphatic carbocycles. The van der Waals surface area contributed by atoms with Gasteiger partial charge in [0.25, 0.3) is 0 Å².